The van der Waals surface area contributed by atoms with E-state index in [0.717, 1.165) is 12.5 Å². The summed E-state index contributed by atoms with van der Waals surface area (Å²) in [7, 11) is 3.91. The van der Waals surface area contributed by atoms with E-state index in [-0.39, 0.29) is 0 Å². The van der Waals surface area contributed by atoms with Crippen LogP contribution in [0.5, 0.6) is 0 Å². The number of aliphatic imine (C=N–C) groups is 1. The highest BCUT2D eigenvalue weighted by Crippen LogP contribution is 2.34. The van der Waals surface area contributed by atoms with E-state index >= 15 is 0 Å². The van der Waals surface area contributed by atoms with Gasteiger partial charge in [0.25, 0.3) is 0 Å². The van der Waals surface area contributed by atoms with Gasteiger partial charge < -0.3 is 15.2 Å². The lowest BCUT2D eigenvalue weighted by atomic mass is 9.75. The molecule has 0 radical (unpaired) electrons. The molecule has 1 fully saturated rings. The summed E-state index contributed by atoms with van der Waals surface area (Å²) in [5, 5.41) is 6.95. The van der Waals surface area contributed by atoms with Crippen molar-refractivity contribution < 1.29 is 0 Å². The second-order valence-electron chi connectivity index (χ2n) is 6.62. The maximum Gasteiger partial charge on any atom is 0.191 e. The highest BCUT2D eigenvalue weighted by Gasteiger charge is 2.27. The largest absolute Gasteiger partial charge is 0.354 e. The quantitative estimate of drug-likeness (QED) is 0.658. The standard InChI is InChI=1S/C16H28N4/c1-16(2)9-7-13(8-10-16)19-15(17-3)18-12-14-6-5-11-20(14)4/h5-6,11,13H,7-10,12H2,1-4H3,(H2,17,18,19). The molecule has 1 saturated carbocycles. The molecule has 0 spiro atoms. The van der Waals surface area contributed by atoms with Crippen LogP contribution in [0.15, 0.2) is 23.3 Å². The summed E-state index contributed by atoms with van der Waals surface area (Å²) >= 11 is 0. The van der Waals surface area contributed by atoms with Crippen molar-refractivity contribution in [1.82, 2.24) is 15.2 Å². The number of aromatic nitrogens is 1. The summed E-state index contributed by atoms with van der Waals surface area (Å²) in [6, 6.07) is 4.75. The molecule has 1 aromatic rings. The van der Waals surface area contributed by atoms with Gasteiger partial charge in [-0.3, -0.25) is 4.99 Å². The fourth-order valence-corrected chi connectivity index (χ4v) is 2.79. The molecule has 0 amide bonds. The maximum absolute atomic E-state index is 4.33. The maximum atomic E-state index is 4.33. The van der Waals surface area contributed by atoms with Gasteiger partial charge in [0.2, 0.25) is 0 Å². The lowest BCUT2D eigenvalue weighted by Crippen LogP contribution is -2.45. The molecule has 1 aliphatic carbocycles. The molecule has 0 atom stereocenters. The first kappa shape index (κ1) is 14.9. The van der Waals surface area contributed by atoms with Crippen LogP contribution in [0.4, 0.5) is 0 Å². The van der Waals surface area contributed by atoms with Crippen LogP contribution in [0.2, 0.25) is 0 Å². The van der Waals surface area contributed by atoms with E-state index in [1.165, 1.54) is 31.4 Å². The fraction of sp³-hybridized carbons (Fsp3) is 0.688. The second kappa shape index (κ2) is 6.33. The lowest BCUT2D eigenvalue weighted by molar-refractivity contribution is 0.216. The average Bonchev–Trinajstić information content (AvgIpc) is 2.82. The van der Waals surface area contributed by atoms with Crippen LogP contribution in [0.25, 0.3) is 0 Å². The van der Waals surface area contributed by atoms with Gasteiger partial charge in [0.15, 0.2) is 5.96 Å². The molecule has 0 saturated heterocycles. The van der Waals surface area contributed by atoms with Gasteiger partial charge in [-0.15, -0.1) is 0 Å². The summed E-state index contributed by atoms with van der Waals surface area (Å²) < 4.78 is 2.13. The van der Waals surface area contributed by atoms with Crippen molar-refractivity contribution in [2.75, 3.05) is 7.05 Å². The van der Waals surface area contributed by atoms with Crippen molar-refractivity contribution in [3.05, 3.63) is 24.0 Å². The summed E-state index contributed by atoms with van der Waals surface area (Å²) in [5.41, 5.74) is 1.77. The van der Waals surface area contributed by atoms with Crippen molar-refractivity contribution in [2.45, 2.75) is 52.1 Å². The zero-order chi connectivity index (χ0) is 14.6. The van der Waals surface area contributed by atoms with Crippen LogP contribution in [-0.4, -0.2) is 23.6 Å². The first-order chi connectivity index (χ1) is 9.50. The number of rotatable bonds is 3. The topological polar surface area (TPSA) is 41.4 Å². The van der Waals surface area contributed by atoms with Gasteiger partial charge in [0.1, 0.15) is 0 Å². The Balaban J connectivity index is 1.80. The molecule has 112 valence electrons. The fourth-order valence-electron chi connectivity index (χ4n) is 2.79. The van der Waals surface area contributed by atoms with Crippen LogP contribution >= 0.6 is 0 Å². The van der Waals surface area contributed by atoms with E-state index in [1.807, 2.05) is 7.05 Å². The number of aryl methyl sites for hydroxylation is 1. The van der Waals surface area contributed by atoms with Crippen molar-refractivity contribution in [3.8, 4) is 0 Å². The van der Waals surface area contributed by atoms with Crippen molar-refractivity contribution >= 4 is 5.96 Å². The minimum atomic E-state index is 0.512. The molecule has 2 N–H and O–H groups in total. The molecule has 1 heterocycles. The average molecular weight is 276 g/mol. The van der Waals surface area contributed by atoms with Crippen LogP contribution < -0.4 is 10.6 Å². The number of hydrogen-bond donors (Lipinski definition) is 2. The van der Waals surface area contributed by atoms with Crippen LogP contribution in [0.3, 0.4) is 0 Å². The Hall–Kier alpha value is -1.45. The third-order valence-electron chi connectivity index (χ3n) is 4.39. The number of nitrogens with zero attached hydrogens (tertiary/aromatic N) is 2. The molecule has 1 aromatic heterocycles. The van der Waals surface area contributed by atoms with E-state index in [2.05, 4.69) is 59.4 Å². The monoisotopic (exact) mass is 276 g/mol. The van der Waals surface area contributed by atoms with Crippen molar-refractivity contribution in [3.63, 3.8) is 0 Å². The number of hydrogen-bond acceptors (Lipinski definition) is 1. The van der Waals surface area contributed by atoms with Crippen molar-refractivity contribution in [1.29, 1.82) is 0 Å². The molecule has 0 aromatic carbocycles. The summed E-state index contributed by atoms with van der Waals surface area (Å²) in [6.45, 7) is 5.54. The third kappa shape index (κ3) is 4.02. The van der Waals surface area contributed by atoms with Gasteiger partial charge in [0.05, 0.1) is 6.54 Å². The molecule has 20 heavy (non-hydrogen) atoms. The molecule has 4 heteroatoms. The molecule has 1 aliphatic rings. The first-order valence-corrected chi connectivity index (χ1v) is 7.57. The zero-order valence-electron chi connectivity index (χ0n) is 13.2. The Morgan fingerprint density at radius 2 is 2.10 bits per heavy atom. The molecular weight excluding hydrogens is 248 g/mol. The molecule has 4 nitrogen and oxygen atoms in total. The van der Waals surface area contributed by atoms with Gasteiger partial charge in [-0.25, -0.2) is 0 Å². The van der Waals surface area contributed by atoms with Crippen molar-refractivity contribution in [2.24, 2.45) is 17.5 Å². The molecule has 2 rings (SSSR count). The van der Waals surface area contributed by atoms with E-state index in [9.17, 15) is 0 Å². The molecule has 0 unspecified atom stereocenters. The molecule has 0 bridgehead atoms. The third-order valence-corrected chi connectivity index (χ3v) is 4.39. The Bertz CT molecular complexity index is 449. The SMILES string of the molecule is CN=C(NCc1cccn1C)NC1CCC(C)(C)CC1. The number of guanidine groups is 1. The van der Waals surface area contributed by atoms with Gasteiger partial charge in [0, 0.05) is 32.0 Å². The van der Waals surface area contributed by atoms with E-state index in [4.69, 9.17) is 0 Å². The van der Waals surface area contributed by atoms with E-state index in [0.29, 0.717) is 11.5 Å². The lowest BCUT2D eigenvalue weighted by Gasteiger charge is -2.35. The highest BCUT2D eigenvalue weighted by atomic mass is 15.2. The minimum Gasteiger partial charge on any atom is -0.354 e. The Kier molecular flexibility index (Phi) is 4.73. The minimum absolute atomic E-state index is 0.512. The Morgan fingerprint density at radius 1 is 1.40 bits per heavy atom. The van der Waals surface area contributed by atoms with Gasteiger partial charge >= 0.3 is 0 Å². The predicted octanol–water partition coefficient (Wildman–Crippen LogP) is 2.66. The molecular formula is C16H28N4. The first-order valence-electron chi connectivity index (χ1n) is 7.57. The summed E-state index contributed by atoms with van der Waals surface area (Å²) in [6.07, 6.45) is 7.12. The second-order valence-corrected chi connectivity index (χ2v) is 6.62. The van der Waals surface area contributed by atoms with E-state index in [1.54, 1.807) is 0 Å². The Labute approximate surface area is 122 Å². The van der Waals surface area contributed by atoms with Gasteiger partial charge in [-0.05, 0) is 43.2 Å². The predicted molar refractivity (Wildman–Crippen MR) is 84.8 cm³/mol. The Morgan fingerprint density at radius 3 is 2.65 bits per heavy atom. The molecule has 0 aliphatic heterocycles. The van der Waals surface area contributed by atoms with Crippen LogP contribution in [0.1, 0.15) is 45.2 Å². The van der Waals surface area contributed by atoms with E-state index < -0.39 is 0 Å². The van der Waals surface area contributed by atoms with Crippen LogP contribution in [-0.2, 0) is 13.6 Å². The van der Waals surface area contributed by atoms with Gasteiger partial charge in [-0.1, -0.05) is 13.8 Å². The summed E-state index contributed by atoms with van der Waals surface area (Å²) in [5.74, 6) is 0.913. The van der Waals surface area contributed by atoms with Gasteiger partial charge in [-0.2, -0.15) is 0 Å². The highest BCUT2D eigenvalue weighted by molar-refractivity contribution is 5.79. The zero-order valence-corrected chi connectivity index (χ0v) is 13.2. The normalized spacial score (nSPS) is 19.9. The summed E-state index contributed by atoms with van der Waals surface area (Å²) in [4.78, 5) is 4.33. The smallest absolute Gasteiger partial charge is 0.191 e. The number of nitrogens with one attached hydrogen (secondary N) is 2. The van der Waals surface area contributed by atoms with Crippen LogP contribution in [0, 0.1) is 5.41 Å².